The molecule has 0 spiro atoms. The summed E-state index contributed by atoms with van der Waals surface area (Å²) in [7, 11) is 0. The van der Waals surface area contributed by atoms with E-state index < -0.39 is 6.17 Å². The molecule has 0 saturated heterocycles. The van der Waals surface area contributed by atoms with Gasteiger partial charge in [0.1, 0.15) is 5.82 Å². The Morgan fingerprint density at radius 2 is 1.82 bits per heavy atom. The van der Waals surface area contributed by atoms with Crippen LogP contribution in [-0.4, -0.2) is 9.55 Å². The molecule has 0 amide bonds. The minimum Gasteiger partial charge on any atom is -0.323 e. The SMILES string of the molecule is CC(C)n1c(C(F)c2ccc(Cl)cc2Cl)nc2ccccc21. The quantitative estimate of drug-likeness (QED) is 0.574. The van der Waals surface area contributed by atoms with Crippen LogP contribution in [0.15, 0.2) is 42.5 Å². The molecule has 0 aliphatic carbocycles. The van der Waals surface area contributed by atoms with Gasteiger partial charge in [-0.3, -0.25) is 0 Å². The molecule has 1 aromatic heterocycles. The van der Waals surface area contributed by atoms with Gasteiger partial charge < -0.3 is 4.57 Å². The van der Waals surface area contributed by atoms with E-state index in [0.717, 1.165) is 11.0 Å². The Balaban J connectivity index is 2.18. The van der Waals surface area contributed by atoms with Crippen LogP contribution < -0.4 is 0 Å². The van der Waals surface area contributed by atoms with Gasteiger partial charge >= 0.3 is 0 Å². The van der Waals surface area contributed by atoms with Crippen molar-refractivity contribution < 1.29 is 4.39 Å². The Bertz CT molecular complexity index is 827. The maximum absolute atomic E-state index is 15.1. The highest BCUT2D eigenvalue weighted by molar-refractivity contribution is 6.35. The summed E-state index contributed by atoms with van der Waals surface area (Å²) in [5.41, 5.74) is 2.07. The molecule has 5 heteroatoms. The van der Waals surface area contributed by atoms with Crippen LogP contribution in [-0.2, 0) is 0 Å². The van der Waals surface area contributed by atoms with Crippen molar-refractivity contribution in [3.05, 3.63) is 63.9 Å². The van der Waals surface area contributed by atoms with Gasteiger partial charge in [0.15, 0.2) is 6.17 Å². The number of halogens is 3. The fraction of sp³-hybridized carbons (Fsp3) is 0.235. The van der Waals surface area contributed by atoms with Gasteiger partial charge in [0.05, 0.1) is 11.0 Å². The highest BCUT2D eigenvalue weighted by Gasteiger charge is 2.24. The van der Waals surface area contributed by atoms with E-state index in [2.05, 4.69) is 4.98 Å². The van der Waals surface area contributed by atoms with Crippen LogP contribution in [0.2, 0.25) is 10.0 Å². The van der Waals surface area contributed by atoms with Gasteiger partial charge in [-0.15, -0.1) is 0 Å². The Morgan fingerprint density at radius 1 is 1.09 bits per heavy atom. The summed E-state index contributed by atoms with van der Waals surface area (Å²) < 4.78 is 17.0. The summed E-state index contributed by atoms with van der Waals surface area (Å²) >= 11 is 12.0. The second-order valence-corrected chi connectivity index (χ2v) is 6.29. The highest BCUT2D eigenvalue weighted by Crippen LogP contribution is 2.35. The van der Waals surface area contributed by atoms with Crippen molar-refractivity contribution in [2.45, 2.75) is 26.1 Å². The number of imidazole rings is 1. The molecule has 1 atom stereocenters. The first-order valence-electron chi connectivity index (χ1n) is 7.05. The third-order valence-electron chi connectivity index (χ3n) is 3.60. The zero-order valence-electron chi connectivity index (χ0n) is 12.2. The predicted molar refractivity (Wildman–Crippen MR) is 89.5 cm³/mol. The monoisotopic (exact) mass is 336 g/mol. The number of para-hydroxylation sites is 2. The summed E-state index contributed by atoms with van der Waals surface area (Å²) in [6, 6.07) is 12.5. The lowest BCUT2D eigenvalue weighted by molar-refractivity contribution is 0.365. The molecule has 2 aromatic carbocycles. The molecular weight excluding hydrogens is 322 g/mol. The lowest BCUT2D eigenvalue weighted by Crippen LogP contribution is -2.09. The van der Waals surface area contributed by atoms with Crippen molar-refractivity contribution >= 4 is 34.2 Å². The number of hydrogen-bond donors (Lipinski definition) is 0. The Labute approximate surface area is 138 Å². The first-order chi connectivity index (χ1) is 10.5. The van der Waals surface area contributed by atoms with Crippen LogP contribution in [0.1, 0.15) is 37.4 Å². The van der Waals surface area contributed by atoms with Gasteiger partial charge in [-0.1, -0.05) is 41.4 Å². The fourth-order valence-electron chi connectivity index (χ4n) is 2.63. The molecule has 0 fully saturated rings. The zero-order valence-corrected chi connectivity index (χ0v) is 13.7. The second-order valence-electron chi connectivity index (χ2n) is 5.45. The summed E-state index contributed by atoms with van der Waals surface area (Å²) in [5, 5.41) is 0.792. The van der Waals surface area contributed by atoms with Crippen molar-refractivity contribution in [1.82, 2.24) is 9.55 Å². The van der Waals surface area contributed by atoms with Crippen LogP contribution >= 0.6 is 23.2 Å². The van der Waals surface area contributed by atoms with Crippen molar-refractivity contribution in [3.63, 3.8) is 0 Å². The van der Waals surface area contributed by atoms with Gasteiger partial charge in [0.25, 0.3) is 0 Å². The summed E-state index contributed by atoms with van der Waals surface area (Å²) in [4.78, 5) is 4.47. The number of aromatic nitrogens is 2. The van der Waals surface area contributed by atoms with E-state index in [-0.39, 0.29) is 6.04 Å². The van der Waals surface area contributed by atoms with Crippen LogP contribution in [0.5, 0.6) is 0 Å². The summed E-state index contributed by atoms with van der Waals surface area (Å²) in [6.07, 6.45) is -1.40. The molecule has 2 nitrogen and oxygen atoms in total. The number of rotatable bonds is 3. The lowest BCUT2D eigenvalue weighted by Gasteiger charge is -2.16. The maximum atomic E-state index is 15.1. The first-order valence-corrected chi connectivity index (χ1v) is 7.80. The topological polar surface area (TPSA) is 17.8 Å². The van der Waals surface area contributed by atoms with E-state index in [9.17, 15) is 0 Å². The molecular formula is C17H15Cl2FN2. The molecule has 1 unspecified atom stereocenters. The van der Waals surface area contributed by atoms with E-state index >= 15 is 4.39 Å². The summed E-state index contributed by atoms with van der Waals surface area (Å²) in [6.45, 7) is 4.02. The van der Waals surface area contributed by atoms with Gasteiger partial charge in [-0.25, -0.2) is 9.37 Å². The Kier molecular flexibility index (Phi) is 4.11. The highest BCUT2D eigenvalue weighted by atomic mass is 35.5. The minimum atomic E-state index is -1.40. The molecule has 3 aromatic rings. The van der Waals surface area contributed by atoms with Crippen molar-refractivity contribution in [1.29, 1.82) is 0 Å². The standard InChI is InChI=1S/C17H15Cl2FN2/c1-10(2)22-15-6-4-3-5-14(15)21-17(22)16(20)12-8-7-11(18)9-13(12)19/h3-10,16H,1-2H3. The zero-order chi connectivity index (χ0) is 15.9. The van der Waals surface area contributed by atoms with Crippen molar-refractivity contribution in [2.75, 3.05) is 0 Å². The molecule has 0 N–H and O–H groups in total. The van der Waals surface area contributed by atoms with E-state index in [1.165, 1.54) is 0 Å². The molecule has 0 aliphatic heterocycles. The molecule has 114 valence electrons. The molecule has 1 heterocycles. The second kappa shape index (κ2) is 5.90. The average molecular weight is 337 g/mol. The largest absolute Gasteiger partial charge is 0.323 e. The Morgan fingerprint density at radius 3 is 2.50 bits per heavy atom. The molecule has 22 heavy (non-hydrogen) atoms. The normalized spacial score (nSPS) is 13.0. The first kappa shape index (κ1) is 15.3. The van der Waals surface area contributed by atoms with Gasteiger partial charge in [0.2, 0.25) is 0 Å². The van der Waals surface area contributed by atoms with E-state index in [1.54, 1.807) is 18.2 Å². The van der Waals surface area contributed by atoms with Crippen LogP contribution in [0.25, 0.3) is 11.0 Å². The molecule has 0 bridgehead atoms. The smallest absolute Gasteiger partial charge is 0.184 e. The van der Waals surface area contributed by atoms with Gasteiger partial charge in [0, 0.05) is 21.7 Å². The fourth-order valence-corrected chi connectivity index (χ4v) is 3.14. The van der Waals surface area contributed by atoms with E-state index in [4.69, 9.17) is 23.2 Å². The maximum Gasteiger partial charge on any atom is 0.184 e. The predicted octanol–water partition coefficient (Wildman–Crippen LogP) is 5.98. The average Bonchev–Trinajstić information content (AvgIpc) is 2.86. The van der Waals surface area contributed by atoms with Gasteiger partial charge in [-0.2, -0.15) is 0 Å². The third kappa shape index (κ3) is 2.59. The number of hydrogen-bond acceptors (Lipinski definition) is 1. The minimum absolute atomic E-state index is 0.0896. The lowest BCUT2D eigenvalue weighted by atomic mass is 10.1. The number of fused-ring (bicyclic) bond motifs is 1. The van der Waals surface area contributed by atoms with Gasteiger partial charge in [-0.05, 0) is 38.1 Å². The molecule has 3 rings (SSSR count). The Hall–Kier alpha value is -1.58. The molecule has 0 saturated carbocycles. The van der Waals surface area contributed by atoms with E-state index in [0.29, 0.717) is 21.4 Å². The van der Waals surface area contributed by atoms with E-state index in [1.807, 2.05) is 42.7 Å². The van der Waals surface area contributed by atoms with Crippen LogP contribution in [0.3, 0.4) is 0 Å². The third-order valence-corrected chi connectivity index (χ3v) is 4.16. The van der Waals surface area contributed by atoms with Crippen molar-refractivity contribution in [2.24, 2.45) is 0 Å². The summed E-state index contributed by atoms with van der Waals surface area (Å²) in [5.74, 6) is 0.362. The molecule has 0 radical (unpaired) electrons. The number of alkyl halides is 1. The number of benzene rings is 2. The number of nitrogens with zero attached hydrogens (tertiary/aromatic N) is 2. The molecule has 0 aliphatic rings. The van der Waals surface area contributed by atoms with Crippen LogP contribution in [0.4, 0.5) is 4.39 Å². The van der Waals surface area contributed by atoms with Crippen LogP contribution in [0, 0.1) is 0 Å². The van der Waals surface area contributed by atoms with Crippen molar-refractivity contribution in [3.8, 4) is 0 Å².